The number of likely N-dealkylation sites (tertiary alicyclic amines) is 1. The molecule has 6 heteroatoms. The molecule has 0 aliphatic carbocycles. The largest absolute Gasteiger partial charge is 0.493 e. The van der Waals surface area contributed by atoms with E-state index >= 15 is 0 Å². The van der Waals surface area contributed by atoms with Crippen LogP contribution < -0.4 is 14.8 Å². The van der Waals surface area contributed by atoms with Gasteiger partial charge in [0.25, 0.3) is 0 Å². The molecule has 1 aromatic carbocycles. The van der Waals surface area contributed by atoms with Gasteiger partial charge in [-0.15, -0.1) is 0 Å². The van der Waals surface area contributed by atoms with E-state index in [1.165, 1.54) is 5.56 Å². The van der Waals surface area contributed by atoms with Crippen molar-refractivity contribution in [2.24, 2.45) is 11.3 Å². The molecule has 2 aromatic rings. The van der Waals surface area contributed by atoms with Gasteiger partial charge in [0, 0.05) is 24.7 Å². The number of amides is 1. The number of rotatable bonds is 7. The van der Waals surface area contributed by atoms with Crippen LogP contribution >= 0.6 is 0 Å². The Hall–Kier alpha value is -2.60. The van der Waals surface area contributed by atoms with E-state index in [-0.39, 0.29) is 11.9 Å². The quantitative estimate of drug-likeness (QED) is 0.720. The van der Waals surface area contributed by atoms with Crippen molar-refractivity contribution < 1.29 is 14.3 Å². The van der Waals surface area contributed by atoms with E-state index in [2.05, 4.69) is 21.3 Å². The summed E-state index contributed by atoms with van der Waals surface area (Å²) in [6.07, 6.45) is 3.95. The van der Waals surface area contributed by atoms with Crippen molar-refractivity contribution in [1.82, 2.24) is 15.2 Å². The molecule has 0 radical (unpaired) electrons. The van der Waals surface area contributed by atoms with Crippen LogP contribution in [0.25, 0.3) is 0 Å². The lowest BCUT2D eigenvalue weighted by atomic mass is 9.86. The number of carbonyl (C=O) groups is 1. The predicted octanol–water partition coefficient (Wildman–Crippen LogP) is 4.21. The third kappa shape index (κ3) is 5.97. The first-order chi connectivity index (χ1) is 14.8. The van der Waals surface area contributed by atoms with Crippen LogP contribution in [-0.4, -0.2) is 43.1 Å². The summed E-state index contributed by atoms with van der Waals surface area (Å²) in [6.45, 7) is 8.61. The number of hydrogen-bond acceptors (Lipinski definition) is 5. The second kappa shape index (κ2) is 10.1. The molecule has 1 N–H and O–H groups in total. The number of pyridine rings is 1. The van der Waals surface area contributed by atoms with Crippen molar-refractivity contribution >= 4 is 5.91 Å². The fourth-order valence-electron chi connectivity index (χ4n) is 4.10. The van der Waals surface area contributed by atoms with Gasteiger partial charge in [-0.1, -0.05) is 32.9 Å². The zero-order chi connectivity index (χ0) is 22.4. The second-order valence-corrected chi connectivity index (χ2v) is 9.28. The van der Waals surface area contributed by atoms with Crippen molar-refractivity contribution in [3.63, 3.8) is 0 Å². The van der Waals surface area contributed by atoms with Crippen molar-refractivity contribution in [3.8, 4) is 11.5 Å². The van der Waals surface area contributed by atoms with Crippen molar-refractivity contribution in [2.75, 3.05) is 27.3 Å². The molecule has 1 amide bonds. The lowest BCUT2D eigenvalue weighted by molar-refractivity contribution is -0.130. The molecule has 1 aliphatic heterocycles. The molecule has 1 saturated heterocycles. The number of methoxy groups -OCH3 is 2. The number of nitrogens with one attached hydrogen (secondary N) is 1. The fraction of sp³-hybridized carbons (Fsp3) is 0.520. The van der Waals surface area contributed by atoms with Crippen LogP contribution in [0.4, 0.5) is 0 Å². The van der Waals surface area contributed by atoms with Crippen LogP contribution in [0.15, 0.2) is 42.6 Å². The van der Waals surface area contributed by atoms with Gasteiger partial charge in [-0.3, -0.25) is 14.7 Å². The van der Waals surface area contributed by atoms with E-state index < -0.39 is 5.41 Å². The minimum absolute atomic E-state index is 0.0557. The predicted molar refractivity (Wildman–Crippen MR) is 122 cm³/mol. The molecular weight excluding hydrogens is 390 g/mol. The molecule has 1 fully saturated rings. The summed E-state index contributed by atoms with van der Waals surface area (Å²) in [5.41, 5.74) is 1.67. The maximum Gasteiger partial charge on any atom is 0.225 e. The van der Waals surface area contributed by atoms with Gasteiger partial charge in [0.2, 0.25) is 5.91 Å². The van der Waals surface area contributed by atoms with E-state index in [1.54, 1.807) is 20.4 Å². The van der Waals surface area contributed by atoms with Gasteiger partial charge < -0.3 is 14.8 Å². The molecular formula is C25H35N3O3. The molecule has 1 aromatic heterocycles. The highest BCUT2D eigenvalue weighted by molar-refractivity contribution is 5.81. The van der Waals surface area contributed by atoms with E-state index in [0.717, 1.165) is 49.7 Å². The Labute approximate surface area is 186 Å². The van der Waals surface area contributed by atoms with Gasteiger partial charge in [0.05, 0.1) is 26.0 Å². The maximum atomic E-state index is 12.8. The molecule has 3 rings (SSSR count). The Morgan fingerprint density at radius 3 is 2.61 bits per heavy atom. The molecule has 0 bridgehead atoms. The Morgan fingerprint density at radius 2 is 1.97 bits per heavy atom. The smallest absolute Gasteiger partial charge is 0.225 e. The second-order valence-electron chi connectivity index (χ2n) is 9.28. The molecule has 2 atom stereocenters. The average Bonchev–Trinajstić information content (AvgIpc) is 2.77. The summed E-state index contributed by atoms with van der Waals surface area (Å²) in [4.78, 5) is 19.8. The summed E-state index contributed by atoms with van der Waals surface area (Å²) in [7, 11) is 3.31. The number of nitrogens with zero attached hydrogens (tertiary/aromatic N) is 2. The summed E-state index contributed by atoms with van der Waals surface area (Å²) >= 11 is 0. The molecule has 1 aliphatic rings. The number of aromatic nitrogens is 1. The third-order valence-corrected chi connectivity index (χ3v) is 5.84. The molecule has 6 nitrogen and oxygen atoms in total. The van der Waals surface area contributed by atoms with Crippen LogP contribution in [0.2, 0.25) is 0 Å². The molecule has 0 unspecified atom stereocenters. The van der Waals surface area contributed by atoms with Crippen LogP contribution in [0.1, 0.15) is 50.9 Å². The van der Waals surface area contributed by atoms with E-state index in [1.807, 2.05) is 51.1 Å². The highest BCUT2D eigenvalue weighted by atomic mass is 16.5. The average molecular weight is 426 g/mol. The number of carbonyl (C=O) groups excluding carboxylic acids is 1. The number of piperidine rings is 1. The van der Waals surface area contributed by atoms with Crippen LogP contribution in [-0.2, 0) is 11.3 Å². The summed E-state index contributed by atoms with van der Waals surface area (Å²) < 4.78 is 10.8. The monoisotopic (exact) mass is 425 g/mol. The maximum absolute atomic E-state index is 12.8. The number of ether oxygens (including phenoxy) is 2. The summed E-state index contributed by atoms with van der Waals surface area (Å²) in [5.74, 6) is 1.84. The van der Waals surface area contributed by atoms with Gasteiger partial charge in [-0.05, 0) is 55.1 Å². The fourth-order valence-corrected chi connectivity index (χ4v) is 4.10. The van der Waals surface area contributed by atoms with Crippen molar-refractivity contribution in [2.45, 2.75) is 46.2 Å². The van der Waals surface area contributed by atoms with Crippen LogP contribution in [0.5, 0.6) is 11.5 Å². The minimum Gasteiger partial charge on any atom is -0.493 e. The lowest BCUT2D eigenvalue weighted by Gasteiger charge is -2.38. The van der Waals surface area contributed by atoms with E-state index in [0.29, 0.717) is 5.92 Å². The molecule has 31 heavy (non-hydrogen) atoms. The van der Waals surface area contributed by atoms with Gasteiger partial charge in [-0.25, -0.2) is 0 Å². The molecule has 168 valence electrons. The zero-order valence-corrected chi connectivity index (χ0v) is 19.4. The highest BCUT2D eigenvalue weighted by Crippen LogP contribution is 2.32. The Kier molecular flexibility index (Phi) is 7.55. The van der Waals surface area contributed by atoms with E-state index in [4.69, 9.17) is 9.47 Å². The van der Waals surface area contributed by atoms with E-state index in [9.17, 15) is 4.79 Å². The molecule has 2 heterocycles. The van der Waals surface area contributed by atoms with Crippen molar-refractivity contribution in [3.05, 3.63) is 53.9 Å². The Morgan fingerprint density at radius 1 is 1.19 bits per heavy atom. The number of hydrogen-bond donors (Lipinski definition) is 1. The summed E-state index contributed by atoms with van der Waals surface area (Å²) in [6, 6.07) is 11.9. The first kappa shape index (κ1) is 23.1. The Balaban J connectivity index is 1.76. The molecule has 0 saturated carbocycles. The van der Waals surface area contributed by atoms with Gasteiger partial charge in [-0.2, -0.15) is 0 Å². The van der Waals surface area contributed by atoms with Crippen LogP contribution in [0, 0.1) is 11.3 Å². The Bertz CT molecular complexity index is 864. The first-order valence-corrected chi connectivity index (χ1v) is 11.0. The van der Waals surface area contributed by atoms with Gasteiger partial charge >= 0.3 is 0 Å². The topological polar surface area (TPSA) is 63.7 Å². The van der Waals surface area contributed by atoms with Crippen LogP contribution in [0.3, 0.4) is 0 Å². The standard InChI is InChI=1S/C25H35N3O3/c1-25(2,3)24(29)27-23(20-10-6-7-13-26-20)19-9-8-14-28(17-19)16-18-11-12-21(30-4)22(15-18)31-5/h6-7,10-13,15,19,23H,8-9,14,16-17H2,1-5H3,(H,27,29)/t19-,23-/m0/s1. The van der Waals surface area contributed by atoms with Crippen molar-refractivity contribution in [1.29, 1.82) is 0 Å². The SMILES string of the molecule is COc1ccc(CN2CCC[C@H]([C@H](NC(=O)C(C)(C)C)c3ccccn3)C2)cc1OC. The van der Waals surface area contributed by atoms with Gasteiger partial charge in [0.15, 0.2) is 11.5 Å². The normalized spacial score (nSPS) is 18.3. The summed E-state index contributed by atoms with van der Waals surface area (Å²) in [5, 5.41) is 3.30. The number of benzene rings is 1. The minimum atomic E-state index is -0.443. The molecule has 0 spiro atoms. The zero-order valence-electron chi connectivity index (χ0n) is 19.4. The first-order valence-electron chi connectivity index (χ1n) is 11.0. The third-order valence-electron chi connectivity index (χ3n) is 5.84. The van der Waals surface area contributed by atoms with Gasteiger partial charge in [0.1, 0.15) is 0 Å². The highest BCUT2D eigenvalue weighted by Gasteiger charge is 2.33. The lowest BCUT2D eigenvalue weighted by Crippen LogP contribution is -2.45.